The van der Waals surface area contributed by atoms with Gasteiger partial charge in [0.25, 0.3) is 0 Å². The largest absolute Gasteiger partial charge is 0.390 e. The maximum atomic E-state index is 10.6. The van der Waals surface area contributed by atoms with Crippen LogP contribution in [0.5, 0.6) is 0 Å². The summed E-state index contributed by atoms with van der Waals surface area (Å²) in [5.74, 6) is 1.19. The van der Waals surface area contributed by atoms with Gasteiger partial charge in [-0.1, -0.05) is 0 Å². The van der Waals surface area contributed by atoms with Crippen LogP contribution in [0.15, 0.2) is 0 Å². The second-order valence-electron chi connectivity index (χ2n) is 8.25. The molecule has 0 heterocycles. The molecule has 2 N–H and O–H groups in total. The van der Waals surface area contributed by atoms with Crippen LogP contribution in [-0.4, -0.2) is 21.4 Å². The Labute approximate surface area is 101 Å². The lowest BCUT2D eigenvalue weighted by atomic mass is 10.1. The van der Waals surface area contributed by atoms with Crippen molar-refractivity contribution in [2.24, 2.45) is 28.1 Å². The summed E-state index contributed by atoms with van der Waals surface area (Å²) in [7, 11) is 0. The third-order valence-corrected chi connectivity index (χ3v) is 7.67. The summed E-state index contributed by atoms with van der Waals surface area (Å²) in [5, 5.41) is 21.2. The van der Waals surface area contributed by atoms with E-state index in [9.17, 15) is 10.2 Å². The molecule has 6 saturated carbocycles. The van der Waals surface area contributed by atoms with Gasteiger partial charge in [0.15, 0.2) is 0 Å². The van der Waals surface area contributed by atoms with Crippen molar-refractivity contribution in [3.8, 4) is 0 Å². The van der Waals surface area contributed by atoms with E-state index in [1.54, 1.807) is 0 Å². The third-order valence-electron chi connectivity index (χ3n) is 7.67. The van der Waals surface area contributed by atoms with Crippen molar-refractivity contribution in [2.75, 3.05) is 0 Å². The molecule has 0 aliphatic heterocycles. The van der Waals surface area contributed by atoms with Gasteiger partial charge < -0.3 is 10.2 Å². The molecule has 2 nitrogen and oxygen atoms in total. The zero-order valence-electron chi connectivity index (χ0n) is 10.2. The maximum Gasteiger partial charge on any atom is 0.0689 e. The van der Waals surface area contributed by atoms with Crippen LogP contribution < -0.4 is 0 Å². The molecule has 6 fully saturated rings. The Morgan fingerprint density at radius 2 is 0.941 bits per heavy atom. The Balaban J connectivity index is 1.50. The molecule has 17 heavy (non-hydrogen) atoms. The van der Waals surface area contributed by atoms with Crippen LogP contribution in [0.2, 0.25) is 0 Å². The molecule has 3 spiro atoms. The van der Waals surface area contributed by atoms with E-state index in [-0.39, 0.29) is 11.2 Å². The highest BCUT2D eigenvalue weighted by molar-refractivity contribution is 5.54. The van der Waals surface area contributed by atoms with Crippen molar-refractivity contribution in [3.63, 3.8) is 0 Å². The fourth-order valence-electron chi connectivity index (χ4n) is 6.86. The summed E-state index contributed by atoms with van der Waals surface area (Å²) < 4.78 is 0. The minimum Gasteiger partial charge on any atom is -0.390 e. The van der Waals surface area contributed by atoms with Gasteiger partial charge in [0.2, 0.25) is 0 Å². The molecule has 0 radical (unpaired) electrons. The molecular weight excluding hydrogens is 212 g/mol. The minimum atomic E-state index is -0.286. The molecule has 0 aromatic heterocycles. The third kappa shape index (κ3) is 0.631. The van der Waals surface area contributed by atoms with Crippen molar-refractivity contribution >= 4 is 0 Å². The smallest absolute Gasteiger partial charge is 0.0689 e. The monoisotopic (exact) mass is 232 g/mol. The first-order valence-electron chi connectivity index (χ1n) is 7.51. The van der Waals surface area contributed by atoms with Gasteiger partial charge in [-0.2, -0.15) is 0 Å². The summed E-state index contributed by atoms with van der Waals surface area (Å²) in [6.07, 6.45) is 9.60. The first-order chi connectivity index (χ1) is 8.06. The van der Waals surface area contributed by atoms with E-state index in [2.05, 4.69) is 0 Å². The fraction of sp³-hybridized carbons (Fsp3) is 1.00. The van der Waals surface area contributed by atoms with Gasteiger partial charge in [-0.25, -0.2) is 0 Å². The summed E-state index contributed by atoms with van der Waals surface area (Å²) in [4.78, 5) is 0. The quantitative estimate of drug-likeness (QED) is 0.762. The zero-order valence-corrected chi connectivity index (χ0v) is 10.2. The first-order valence-corrected chi connectivity index (χ1v) is 7.51. The normalized spacial score (nSPS) is 58.2. The minimum absolute atomic E-state index is 0.286. The topological polar surface area (TPSA) is 40.5 Å². The van der Waals surface area contributed by atoms with Crippen LogP contribution in [0.4, 0.5) is 0 Å². The predicted molar refractivity (Wildman–Crippen MR) is 61.1 cm³/mol. The first kappa shape index (κ1) is 8.92. The number of hydrogen-bond donors (Lipinski definition) is 2. The average molecular weight is 232 g/mol. The van der Waals surface area contributed by atoms with Crippen molar-refractivity contribution in [3.05, 3.63) is 0 Å². The van der Waals surface area contributed by atoms with Gasteiger partial charge in [-0.3, -0.25) is 0 Å². The van der Waals surface area contributed by atoms with Crippen LogP contribution in [0.3, 0.4) is 0 Å². The molecule has 0 amide bonds. The SMILES string of the molecule is OC1([C@@H]2C3(CC3)C23[C@@H](C2(O)CC2)C32CC2)CC1. The zero-order chi connectivity index (χ0) is 11.3. The molecule has 6 aliphatic carbocycles. The highest BCUT2D eigenvalue weighted by Gasteiger charge is 3.07. The Hall–Kier alpha value is -0.0800. The number of aliphatic hydroxyl groups is 2. The van der Waals surface area contributed by atoms with E-state index in [1.165, 1.54) is 25.7 Å². The fourth-order valence-corrected chi connectivity index (χ4v) is 6.86. The van der Waals surface area contributed by atoms with Crippen LogP contribution in [0.25, 0.3) is 0 Å². The molecule has 0 aromatic rings. The van der Waals surface area contributed by atoms with E-state index in [0.29, 0.717) is 28.1 Å². The van der Waals surface area contributed by atoms with E-state index in [0.717, 1.165) is 25.7 Å². The van der Waals surface area contributed by atoms with Gasteiger partial charge in [0.1, 0.15) is 0 Å². The van der Waals surface area contributed by atoms with Gasteiger partial charge >= 0.3 is 0 Å². The molecule has 2 heteroatoms. The van der Waals surface area contributed by atoms with Gasteiger partial charge in [0.05, 0.1) is 11.2 Å². The van der Waals surface area contributed by atoms with E-state index in [1.807, 2.05) is 0 Å². The molecule has 3 atom stereocenters. The molecule has 1 unspecified atom stereocenters. The average Bonchev–Trinajstić information content (AvgIpc) is 3.03. The highest BCUT2D eigenvalue weighted by Crippen LogP contribution is 3.09. The van der Waals surface area contributed by atoms with E-state index in [4.69, 9.17) is 0 Å². The van der Waals surface area contributed by atoms with E-state index >= 15 is 0 Å². The van der Waals surface area contributed by atoms with Gasteiger partial charge in [-0.05, 0) is 67.6 Å². The van der Waals surface area contributed by atoms with Crippen molar-refractivity contribution in [1.82, 2.24) is 0 Å². The summed E-state index contributed by atoms with van der Waals surface area (Å²) >= 11 is 0. The number of fused-ring (bicyclic) bond motifs is 2. The van der Waals surface area contributed by atoms with Crippen LogP contribution in [-0.2, 0) is 0 Å². The van der Waals surface area contributed by atoms with Crippen molar-refractivity contribution in [1.29, 1.82) is 0 Å². The van der Waals surface area contributed by atoms with Gasteiger partial charge in [0, 0.05) is 11.8 Å². The highest BCUT2D eigenvalue weighted by atomic mass is 16.3. The standard InChI is InChI=1S/C15H20O2/c16-13(5-6-13)9-11(1-2-11)15(9)10(12(15)3-4-12)14(17)7-8-14/h9-10,16-17H,1-8H2/t9-,10+,15?. The summed E-state index contributed by atoms with van der Waals surface area (Å²) in [5.41, 5.74) is 0.921. The van der Waals surface area contributed by atoms with Crippen LogP contribution in [0.1, 0.15) is 51.4 Å². The molecule has 0 aromatic carbocycles. The Bertz CT molecular complexity index is 419. The lowest BCUT2D eigenvalue weighted by molar-refractivity contribution is 0.0943. The maximum absolute atomic E-state index is 10.6. The van der Waals surface area contributed by atoms with Crippen LogP contribution >= 0.6 is 0 Å². The Morgan fingerprint density at radius 1 is 0.588 bits per heavy atom. The van der Waals surface area contributed by atoms with Crippen molar-refractivity contribution < 1.29 is 10.2 Å². The summed E-state index contributed by atoms with van der Waals surface area (Å²) in [6.45, 7) is 0. The Morgan fingerprint density at radius 3 is 1.18 bits per heavy atom. The molecule has 6 rings (SSSR count). The lowest BCUT2D eigenvalue weighted by Gasteiger charge is -2.08. The molecular formula is C15H20O2. The van der Waals surface area contributed by atoms with Gasteiger partial charge in [-0.15, -0.1) is 0 Å². The lowest BCUT2D eigenvalue weighted by Crippen LogP contribution is -2.16. The molecule has 92 valence electrons. The second kappa shape index (κ2) is 1.84. The number of hydrogen-bond acceptors (Lipinski definition) is 2. The molecule has 6 aliphatic rings. The predicted octanol–water partition coefficient (Wildman–Crippen LogP) is 1.84. The number of rotatable bonds is 2. The van der Waals surface area contributed by atoms with Crippen molar-refractivity contribution in [2.45, 2.75) is 62.6 Å². The summed E-state index contributed by atoms with van der Waals surface area (Å²) in [6, 6.07) is 0. The van der Waals surface area contributed by atoms with E-state index < -0.39 is 0 Å². The second-order valence-corrected chi connectivity index (χ2v) is 8.25. The van der Waals surface area contributed by atoms with Crippen LogP contribution in [0, 0.1) is 28.1 Å². The Kier molecular flexibility index (Phi) is 0.965. The molecule has 0 saturated heterocycles. The molecule has 0 bridgehead atoms.